The minimum atomic E-state index is -1.21. The number of esters is 2. The summed E-state index contributed by atoms with van der Waals surface area (Å²) in [4.78, 5) is 58.8. The molecule has 28 heavy (non-hydrogen) atoms. The van der Waals surface area contributed by atoms with Gasteiger partial charge in [-0.1, -0.05) is 0 Å². The van der Waals surface area contributed by atoms with E-state index < -0.39 is 53.5 Å². The first-order valence-electron chi connectivity index (χ1n) is 8.71. The summed E-state index contributed by atoms with van der Waals surface area (Å²) in [5.74, 6) is -2.72. The van der Waals surface area contributed by atoms with Crippen LogP contribution in [-0.2, 0) is 28.6 Å². The van der Waals surface area contributed by atoms with Gasteiger partial charge in [-0.25, -0.2) is 9.36 Å². The van der Waals surface area contributed by atoms with Gasteiger partial charge in [-0.3, -0.25) is 23.7 Å². The highest BCUT2D eigenvalue weighted by molar-refractivity contribution is 5.87. The molecule has 4 atom stereocenters. The molecule has 1 aromatic rings. The first-order chi connectivity index (χ1) is 13.2. The molecule has 2 fully saturated rings. The lowest BCUT2D eigenvalue weighted by Gasteiger charge is -2.26. The molecule has 0 bridgehead atoms. The first-order valence-corrected chi connectivity index (χ1v) is 8.71. The van der Waals surface area contributed by atoms with E-state index in [9.17, 15) is 28.4 Å². The fraction of sp³-hybridized carbons (Fsp3) is 0.588. The Morgan fingerprint density at radius 1 is 1.25 bits per heavy atom. The van der Waals surface area contributed by atoms with E-state index in [0.29, 0.717) is 10.8 Å². The van der Waals surface area contributed by atoms with Crippen LogP contribution >= 0.6 is 0 Å². The predicted octanol–water partition coefficient (Wildman–Crippen LogP) is -0.165. The third-order valence-electron chi connectivity index (χ3n) is 4.71. The zero-order valence-electron chi connectivity index (χ0n) is 15.3. The number of ketones is 1. The molecule has 2 heterocycles. The molecule has 11 heteroatoms. The molecule has 1 aliphatic heterocycles. The number of Topliss-reactive ketones (excluding diaryl/α,β-unsaturated/α-hetero) is 1. The average molecular weight is 398 g/mol. The third kappa shape index (κ3) is 3.75. The Kier molecular flexibility index (Phi) is 5.45. The Morgan fingerprint density at radius 2 is 1.96 bits per heavy atom. The largest absolute Gasteiger partial charge is 0.463 e. The number of nitrogens with zero attached hydrogens (tertiary/aromatic N) is 2. The lowest BCUT2D eigenvalue weighted by Crippen LogP contribution is -2.49. The van der Waals surface area contributed by atoms with Crippen molar-refractivity contribution in [1.29, 1.82) is 0 Å². The zero-order chi connectivity index (χ0) is 20.6. The molecule has 0 amide bonds. The van der Waals surface area contributed by atoms with E-state index in [4.69, 9.17) is 14.2 Å². The highest BCUT2D eigenvalue weighted by Crippen LogP contribution is 2.31. The zero-order valence-corrected chi connectivity index (χ0v) is 15.3. The molecule has 1 aliphatic carbocycles. The van der Waals surface area contributed by atoms with Crippen LogP contribution in [0, 0.1) is 5.82 Å². The molecular weight excluding hydrogens is 379 g/mol. The lowest BCUT2D eigenvalue weighted by molar-refractivity contribution is -0.155. The first kappa shape index (κ1) is 19.9. The van der Waals surface area contributed by atoms with E-state index >= 15 is 0 Å². The van der Waals surface area contributed by atoms with Gasteiger partial charge in [0.25, 0.3) is 5.56 Å². The van der Waals surface area contributed by atoms with Crippen molar-refractivity contribution >= 4 is 17.7 Å². The minimum absolute atomic E-state index is 0.0261. The Balaban J connectivity index is 1.93. The second-order valence-electron chi connectivity index (χ2n) is 6.68. The second-order valence-corrected chi connectivity index (χ2v) is 6.68. The van der Waals surface area contributed by atoms with E-state index in [1.165, 1.54) is 13.8 Å². The number of halogens is 1. The number of hydrogen-bond donors (Lipinski definition) is 0. The summed E-state index contributed by atoms with van der Waals surface area (Å²) in [5.41, 5.74) is -2.07. The topological polar surface area (TPSA) is 123 Å². The minimum Gasteiger partial charge on any atom is -0.463 e. The number of hydrogen-bond acceptors (Lipinski definition) is 8. The predicted molar refractivity (Wildman–Crippen MR) is 88.9 cm³/mol. The van der Waals surface area contributed by atoms with Crippen LogP contribution in [0.15, 0.2) is 15.8 Å². The standard InChI is InChI=1S/C17H19FN2O8/c1-8(21)26-7-14-13(27-9(2)22)5-15(28-14)19-6-10(18)16(24)20(17(19)25)11-3-4-12(11)23/h6,11,13-15H,3-5,7H2,1-2H3/t11?,13-,14+,15+/m0/s1. The van der Waals surface area contributed by atoms with Crippen LogP contribution in [0.4, 0.5) is 4.39 Å². The summed E-state index contributed by atoms with van der Waals surface area (Å²) in [6, 6.07) is -0.996. The van der Waals surface area contributed by atoms with Gasteiger partial charge in [-0.15, -0.1) is 0 Å². The molecule has 0 spiro atoms. The van der Waals surface area contributed by atoms with Crippen molar-refractivity contribution in [2.24, 2.45) is 0 Å². The average Bonchev–Trinajstić information content (AvgIpc) is 3.00. The van der Waals surface area contributed by atoms with Crippen LogP contribution in [0.2, 0.25) is 0 Å². The summed E-state index contributed by atoms with van der Waals surface area (Å²) < 4.78 is 31.3. The SMILES string of the molecule is CC(=O)OC[C@H]1O[C@@H](n2cc(F)c(=O)n(C3CCC3=O)c2=O)C[C@@H]1OC(C)=O. The van der Waals surface area contributed by atoms with Gasteiger partial charge in [0.15, 0.2) is 5.78 Å². The Morgan fingerprint density at radius 3 is 2.50 bits per heavy atom. The molecule has 2 aliphatic rings. The number of carbonyl (C=O) groups is 3. The summed E-state index contributed by atoms with van der Waals surface area (Å²) in [7, 11) is 0. The molecule has 1 saturated heterocycles. The van der Waals surface area contributed by atoms with Gasteiger partial charge in [-0.05, 0) is 6.42 Å². The van der Waals surface area contributed by atoms with Crippen LogP contribution in [0.25, 0.3) is 0 Å². The number of ether oxygens (including phenoxy) is 3. The van der Waals surface area contributed by atoms with E-state index in [0.717, 1.165) is 4.57 Å². The molecular formula is C17H19FN2O8. The lowest BCUT2D eigenvalue weighted by atomic mass is 9.91. The maximum atomic E-state index is 14.2. The van der Waals surface area contributed by atoms with Crippen molar-refractivity contribution in [1.82, 2.24) is 9.13 Å². The molecule has 0 radical (unpaired) electrons. The quantitative estimate of drug-likeness (QED) is 0.627. The summed E-state index contributed by atoms with van der Waals surface area (Å²) in [5, 5.41) is 0. The Labute approximate surface area is 157 Å². The second kappa shape index (κ2) is 7.66. The van der Waals surface area contributed by atoms with Crippen molar-refractivity contribution in [3.63, 3.8) is 0 Å². The summed E-state index contributed by atoms with van der Waals surface area (Å²) in [6.45, 7) is 2.14. The molecule has 0 N–H and O–H groups in total. The van der Waals surface area contributed by atoms with Gasteiger partial charge < -0.3 is 14.2 Å². The van der Waals surface area contributed by atoms with Gasteiger partial charge in [0, 0.05) is 26.7 Å². The van der Waals surface area contributed by atoms with Gasteiger partial charge in [0.1, 0.15) is 31.1 Å². The van der Waals surface area contributed by atoms with Gasteiger partial charge >= 0.3 is 17.6 Å². The molecule has 10 nitrogen and oxygen atoms in total. The van der Waals surface area contributed by atoms with Crippen molar-refractivity contribution < 1.29 is 33.0 Å². The van der Waals surface area contributed by atoms with Crippen molar-refractivity contribution in [3.05, 3.63) is 32.9 Å². The fourth-order valence-corrected chi connectivity index (χ4v) is 3.26. The fourth-order valence-electron chi connectivity index (χ4n) is 3.26. The van der Waals surface area contributed by atoms with E-state index in [1.807, 2.05) is 0 Å². The van der Waals surface area contributed by atoms with Gasteiger partial charge in [-0.2, -0.15) is 4.39 Å². The molecule has 152 valence electrons. The van der Waals surface area contributed by atoms with Gasteiger partial charge in [0.2, 0.25) is 5.82 Å². The van der Waals surface area contributed by atoms with E-state index in [2.05, 4.69) is 0 Å². The smallest absolute Gasteiger partial charge is 0.333 e. The van der Waals surface area contributed by atoms with Crippen molar-refractivity contribution in [2.75, 3.05) is 6.61 Å². The number of rotatable bonds is 5. The van der Waals surface area contributed by atoms with E-state index in [1.54, 1.807) is 0 Å². The monoisotopic (exact) mass is 398 g/mol. The molecule has 1 unspecified atom stereocenters. The highest BCUT2D eigenvalue weighted by atomic mass is 19.1. The van der Waals surface area contributed by atoms with Gasteiger partial charge in [0.05, 0.1) is 6.20 Å². The highest BCUT2D eigenvalue weighted by Gasteiger charge is 2.41. The van der Waals surface area contributed by atoms with Crippen LogP contribution in [0.5, 0.6) is 0 Å². The van der Waals surface area contributed by atoms with Crippen molar-refractivity contribution in [2.45, 2.75) is 57.6 Å². The summed E-state index contributed by atoms with van der Waals surface area (Å²) in [6.07, 6.45) is -1.63. The maximum absolute atomic E-state index is 14.2. The number of aromatic nitrogens is 2. The van der Waals surface area contributed by atoms with Crippen LogP contribution in [0.3, 0.4) is 0 Å². The Hall–Kier alpha value is -2.82. The maximum Gasteiger partial charge on any atom is 0.333 e. The Bertz CT molecular complexity index is 936. The summed E-state index contributed by atoms with van der Waals surface area (Å²) >= 11 is 0. The third-order valence-corrected chi connectivity index (χ3v) is 4.71. The van der Waals surface area contributed by atoms with Crippen LogP contribution < -0.4 is 11.2 Å². The molecule has 1 aromatic heterocycles. The van der Waals surface area contributed by atoms with Crippen LogP contribution in [-0.4, -0.2) is 45.7 Å². The van der Waals surface area contributed by atoms with Crippen molar-refractivity contribution in [3.8, 4) is 0 Å². The molecule has 1 saturated carbocycles. The molecule has 3 rings (SSSR count). The van der Waals surface area contributed by atoms with Crippen LogP contribution in [0.1, 0.15) is 45.4 Å². The molecule has 0 aromatic carbocycles. The normalized spacial score (nSPS) is 26.6. The van der Waals surface area contributed by atoms with E-state index in [-0.39, 0.29) is 31.7 Å². The number of carbonyl (C=O) groups excluding carboxylic acids is 3.